The average Bonchev–Trinajstić information content (AvgIpc) is 2.47. The summed E-state index contributed by atoms with van der Waals surface area (Å²) in [6, 6.07) is 1.26. The van der Waals surface area contributed by atoms with Crippen molar-refractivity contribution < 1.29 is 0 Å². The summed E-state index contributed by atoms with van der Waals surface area (Å²) in [7, 11) is 0. The summed E-state index contributed by atoms with van der Waals surface area (Å²) in [4.78, 5) is 4.87. The second-order valence-corrected chi connectivity index (χ2v) is 4.56. The minimum absolute atomic E-state index is 0.525. The molecule has 0 fully saturated rings. The Morgan fingerprint density at radius 3 is 2.14 bits per heavy atom. The highest BCUT2D eigenvalue weighted by molar-refractivity contribution is 4.98. The van der Waals surface area contributed by atoms with Gasteiger partial charge in [-0.15, -0.1) is 0 Å². The Bertz CT molecular complexity index is 198. The molecule has 0 amide bonds. The predicted octanol–water partition coefficient (Wildman–Crippen LogP) is 3.02. The first-order valence-electron chi connectivity index (χ1n) is 5.81. The molecule has 1 heterocycles. The van der Waals surface area contributed by atoms with E-state index in [0.29, 0.717) is 18.2 Å². The molecule has 1 aliphatic heterocycles. The summed E-state index contributed by atoms with van der Waals surface area (Å²) in [5.41, 5.74) is 0. The minimum atomic E-state index is 0.525. The molecule has 82 valence electrons. The van der Waals surface area contributed by atoms with Crippen molar-refractivity contribution in [3.63, 3.8) is 0 Å². The largest absolute Gasteiger partial charge is 0.354 e. The average molecular weight is 196 g/mol. The molecule has 1 rings (SSSR count). The Hall–Kier alpha value is -0.660. The molecular weight excluding hydrogens is 172 g/mol. The van der Waals surface area contributed by atoms with E-state index in [0.717, 1.165) is 0 Å². The molecule has 0 aliphatic carbocycles. The smallest absolute Gasteiger partial charge is 0.0982 e. The monoisotopic (exact) mass is 196 g/mol. The fraction of sp³-hybridized carbons (Fsp3) is 0.833. The first kappa shape index (κ1) is 11.4. The van der Waals surface area contributed by atoms with Crippen LogP contribution in [-0.4, -0.2) is 28.0 Å². The Morgan fingerprint density at radius 1 is 1.14 bits per heavy atom. The van der Waals surface area contributed by atoms with Crippen molar-refractivity contribution in [2.24, 2.45) is 0 Å². The third kappa shape index (κ3) is 2.23. The summed E-state index contributed by atoms with van der Waals surface area (Å²) in [5, 5.41) is 0. The van der Waals surface area contributed by atoms with Crippen LogP contribution in [0.3, 0.4) is 0 Å². The van der Waals surface area contributed by atoms with Crippen molar-refractivity contribution in [2.45, 2.75) is 65.7 Å². The molecule has 0 aromatic rings. The normalized spacial score (nSPS) is 23.7. The summed E-state index contributed by atoms with van der Waals surface area (Å²) in [6.07, 6.45) is 7.53. The second-order valence-electron chi connectivity index (χ2n) is 4.56. The maximum absolute atomic E-state index is 2.46. The molecule has 0 bridgehead atoms. The van der Waals surface area contributed by atoms with Gasteiger partial charge in [-0.3, -0.25) is 0 Å². The van der Waals surface area contributed by atoms with Crippen LogP contribution in [0.15, 0.2) is 12.4 Å². The van der Waals surface area contributed by atoms with E-state index in [1.54, 1.807) is 0 Å². The van der Waals surface area contributed by atoms with Crippen LogP contribution in [0.2, 0.25) is 0 Å². The topological polar surface area (TPSA) is 6.48 Å². The Kier molecular flexibility index (Phi) is 3.85. The first-order chi connectivity index (χ1) is 6.57. The van der Waals surface area contributed by atoms with Crippen LogP contribution in [-0.2, 0) is 0 Å². The van der Waals surface area contributed by atoms with Crippen LogP contribution in [0.1, 0.15) is 47.5 Å². The van der Waals surface area contributed by atoms with Gasteiger partial charge in [0.15, 0.2) is 0 Å². The maximum atomic E-state index is 2.46. The van der Waals surface area contributed by atoms with Gasteiger partial charge in [-0.05, 0) is 34.1 Å². The van der Waals surface area contributed by atoms with Gasteiger partial charge < -0.3 is 9.80 Å². The third-order valence-electron chi connectivity index (χ3n) is 3.09. The SMILES string of the molecule is CCCC(C)N1C=CN(C(C)C)C1C. The van der Waals surface area contributed by atoms with Gasteiger partial charge in [0.25, 0.3) is 0 Å². The Balaban J connectivity index is 2.55. The van der Waals surface area contributed by atoms with E-state index >= 15 is 0 Å². The van der Waals surface area contributed by atoms with Crippen molar-refractivity contribution in [3.05, 3.63) is 12.4 Å². The van der Waals surface area contributed by atoms with Gasteiger partial charge in [0.05, 0.1) is 6.17 Å². The number of hydrogen-bond donors (Lipinski definition) is 0. The lowest BCUT2D eigenvalue weighted by Crippen LogP contribution is -2.43. The van der Waals surface area contributed by atoms with E-state index in [2.05, 4.69) is 56.8 Å². The zero-order valence-electron chi connectivity index (χ0n) is 10.2. The zero-order chi connectivity index (χ0) is 10.7. The maximum Gasteiger partial charge on any atom is 0.0982 e. The van der Waals surface area contributed by atoms with Gasteiger partial charge in [-0.25, -0.2) is 0 Å². The summed E-state index contributed by atoms with van der Waals surface area (Å²) >= 11 is 0. The van der Waals surface area contributed by atoms with E-state index in [9.17, 15) is 0 Å². The second kappa shape index (κ2) is 4.72. The Morgan fingerprint density at radius 2 is 1.71 bits per heavy atom. The first-order valence-corrected chi connectivity index (χ1v) is 5.81. The van der Waals surface area contributed by atoms with Gasteiger partial charge >= 0.3 is 0 Å². The number of rotatable bonds is 4. The molecule has 0 saturated carbocycles. The summed E-state index contributed by atoms with van der Waals surface area (Å²) in [6.45, 7) is 11.3. The fourth-order valence-electron chi connectivity index (χ4n) is 2.24. The molecule has 2 heteroatoms. The van der Waals surface area contributed by atoms with Crippen molar-refractivity contribution in [3.8, 4) is 0 Å². The highest BCUT2D eigenvalue weighted by Gasteiger charge is 2.26. The van der Waals surface area contributed by atoms with Crippen molar-refractivity contribution in [1.29, 1.82) is 0 Å². The molecule has 0 aromatic carbocycles. The molecule has 1 aliphatic rings. The van der Waals surface area contributed by atoms with Gasteiger partial charge in [0, 0.05) is 24.5 Å². The quantitative estimate of drug-likeness (QED) is 0.682. The lowest BCUT2D eigenvalue weighted by molar-refractivity contribution is 0.111. The molecule has 0 spiro atoms. The number of nitrogens with zero attached hydrogens (tertiary/aromatic N) is 2. The van der Waals surface area contributed by atoms with Gasteiger partial charge in [0.1, 0.15) is 0 Å². The summed E-state index contributed by atoms with van der Waals surface area (Å²) < 4.78 is 0. The fourth-order valence-corrected chi connectivity index (χ4v) is 2.24. The predicted molar refractivity (Wildman–Crippen MR) is 61.8 cm³/mol. The molecular formula is C12H24N2. The van der Waals surface area contributed by atoms with E-state index in [4.69, 9.17) is 0 Å². The van der Waals surface area contributed by atoms with Crippen LogP contribution in [0, 0.1) is 0 Å². The molecule has 0 radical (unpaired) electrons. The molecule has 14 heavy (non-hydrogen) atoms. The lowest BCUT2D eigenvalue weighted by atomic mass is 10.1. The van der Waals surface area contributed by atoms with Crippen LogP contribution >= 0.6 is 0 Å². The van der Waals surface area contributed by atoms with E-state index in [1.807, 2.05) is 0 Å². The highest BCUT2D eigenvalue weighted by atomic mass is 15.4. The van der Waals surface area contributed by atoms with Crippen LogP contribution in [0.5, 0.6) is 0 Å². The molecule has 0 N–H and O–H groups in total. The highest BCUT2D eigenvalue weighted by Crippen LogP contribution is 2.22. The van der Waals surface area contributed by atoms with Gasteiger partial charge in [0.2, 0.25) is 0 Å². The van der Waals surface area contributed by atoms with E-state index in [1.165, 1.54) is 12.8 Å². The van der Waals surface area contributed by atoms with E-state index in [-0.39, 0.29) is 0 Å². The molecule has 2 nitrogen and oxygen atoms in total. The number of hydrogen-bond acceptors (Lipinski definition) is 2. The summed E-state index contributed by atoms with van der Waals surface area (Å²) in [5.74, 6) is 0. The molecule has 2 atom stereocenters. The molecule has 0 aromatic heterocycles. The molecule has 0 saturated heterocycles. The zero-order valence-corrected chi connectivity index (χ0v) is 10.2. The van der Waals surface area contributed by atoms with Crippen LogP contribution < -0.4 is 0 Å². The molecule has 2 unspecified atom stereocenters. The van der Waals surface area contributed by atoms with E-state index < -0.39 is 0 Å². The van der Waals surface area contributed by atoms with Gasteiger partial charge in [-0.2, -0.15) is 0 Å². The van der Waals surface area contributed by atoms with Crippen LogP contribution in [0.4, 0.5) is 0 Å². The Labute approximate surface area is 88.6 Å². The van der Waals surface area contributed by atoms with Crippen molar-refractivity contribution in [1.82, 2.24) is 9.80 Å². The standard InChI is InChI=1S/C12H24N2/c1-6-7-11(4)14-9-8-13(10(2)3)12(14)5/h8-12H,6-7H2,1-5H3. The van der Waals surface area contributed by atoms with Crippen molar-refractivity contribution >= 4 is 0 Å². The lowest BCUT2D eigenvalue weighted by Gasteiger charge is -2.35. The van der Waals surface area contributed by atoms with Crippen molar-refractivity contribution in [2.75, 3.05) is 0 Å². The van der Waals surface area contributed by atoms with Gasteiger partial charge in [-0.1, -0.05) is 13.3 Å². The third-order valence-corrected chi connectivity index (χ3v) is 3.09. The minimum Gasteiger partial charge on any atom is -0.354 e. The van der Waals surface area contributed by atoms with Crippen LogP contribution in [0.25, 0.3) is 0 Å².